The highest BCUT2D eigenvalue weighted by Gasteiger charge is 2.36. The van der Waals surface area contributed by atoms with Crippen LogP contribution in [0.3, 0.4) is 0 Å². The molecule has 2 aliphatic heterocycles. The zero-order valence-corrected chi connectivity index (χ0v) is 11.8. The van der Waals surface area contributed by atoms with Crippen molar-refractivity contribution in [3.8, 4) is 11.5 Å². The van der Waals surface area contributed by atoms with Gasteiger partial charge in [0.2, 0.25) is 0 Å². The molecule has 0 saturated heterocycles. The molecule has 0 fully saturated rings. The summed E-state index contributed by atoms with van der Waals surface area (Å²) in [7, 11) is 0. The Balaban J connectivity index is 1.53. The van der Waals surface area contributed by atoms with Crippen molar-refractivity contribution in [3.63, 3.8) is 0 Å². The van der Waals surface area contributed by atoms with Crippen LogP contribution in [-0.2, 0) is 14.3 Å². The van der Waals surface area contributed by atoms with Crippen molar-refractivity contribution >= 4 is 23.2 Å². The molecular formula is C16H12N2O5. The van der Waals surface area contributed by atoms with E-state index in [4.69, 9.17) is 14.2 Å². The first-order chi connectivity index (χ1) is 11.2. The third-order valence-corrected chi connectivity index (χ3v) is 3.43. The van der Waals surface area contributed by atoms with Crippen LogP contribution in [0.1, 0.15) is 0 Å². The maximum absolute atomic E-state index is 12.0. The number of hydrogen-bond donors (Lipinski definition) is 2. The van der Waals surface area contributed by atoms with Crippen LogP contribution in [-0.4, -0.2) is 24.4 Å². The van der Waals surface area contributed by atoms with E-state index in [1.807, 2.05) is 0 Å². The van der Waals surface area contributed by atoms with E-state index in [1.54, 1.807) is 48.5 Å². The highest BCUT2D eigenvalue weighted by atomic mass is 16.8. The quantitative estimate of drug-likeness (QED) is 0.882. The summed E-state index contributed by atoms with van der Waals surface area (Å²) >= 11 is 0. The first kappa shape index (κ1) is 13.6. The maximum Gasteiger partial charge on any atom is 0.294 e. The molecule has 2 aromatic carbocycles. The summed E-state index contributed by atoms with van der Waals surface area (Å²) in [5.41, 5.74) is 1.11. The Labute approximate surface area is 131 Å². The van der Waals surface area contributed by atoms with E-state index in [1.165, 1.54) is 0 Å². The third kappa shape index (κ3) is 2.47. The number of amides is 2. The van der Waals surface area contributed by atoms with Gasteiger partial charge < -0.3 is 20.1 Å². The molecule has 23 heavy (non-hydrogen) atoms. The van der Waals surface area contributed by atoms with Gasteiger partial charge in [-0.05, 0) is 24.3 Å². The number of ether oxygens (including phenoxy) is 3. The van der Waals surface area contributed by atoms with Gasteiger partial charge in [0.25, 0.3) is 24.4 Å². The second-order valence-electron chi connectivity index (χ2n) is 5.01. The summed E-state index contributed by atoms with van der Waals surface area (Å²) in [5.74, 6) is -0.0691. The fourth-order valence-corrected chi connectivity index (χ4v) is 2.36. The topological polar surface area (TPSA) is 85.9 Å². The van der Waals surface area contributed by atoms with Gasteiger partial charge in [0.1, 0.15) is 11.5 Å². The summed E-state index contributed by atoms with van der Waals surface area (Å²) in [5, 5.41) is 5.31. The normalized spacial score (nSPS) is 21.9. The highest BCUT2D eigenvalue weighted by Crippen LogP contribution is 2.32. The number of rotatable bonds is 2. The number of carbonyl (C=O) groups is 2. The fraction of sp³-hybridized carbons (Fsp3) is 0.125. The molecule has 0 radical (unpaired) electrons. The van der Waals surface area contributed by atoms with Crippen LogP contribution >= 0.6 is 0 Å². The lowest BCUT2D eigenvalue weighted by Gasteiger charge is -2.30. The van der Waals surface area contributed by atoms with Crippen molar-refractivity contribution in [1.29, 1.82) is 0 Å². The van der Waals surface area contributed by atoms with E-state index < -0.39 is 24.4 Å². The zero-order chi connectivity index (χ0) is 15.8. The Kier molecular flexibility index (Phi) is 3.13. The molecule has 0 spiro atoms. The molecule has 4 rings (SSSR count). The van der Waals surface area contributed by atoms with Crippen LogP contribution in [0.5, 0.6) is 11.5 Å². The number of carbonyl (C=O) groups excluding carboxylic acids is 2. The lowest BCUT2D eigenvalue weighted by molar-refractivity contribution is -0.193. The van der Waals surface area contributed by atoms with Gasteiger partial charge in [0.15, 0.2) is 0 Å². The van der Waals surface area contributed by atoms with Crippen molar-refractivity contribution in [2.24, 2.45) is 0 Å². The summed E-state index contributed by atoms with van der Waals surface area (Å²) in [6, 6.07) is 13.9. The maximum atomic E-state index is 12.0. The molecule has 2 N–H and O–H groups in total. The Morgan fingerprint density at radius 2 is 1.17 bits per heavy atom. The minimum atomic E-state index is -1.27. The Hall–Kier alpha value is -3.06. The van der Waals surface area contributed by atoms with Crippen molar-refractivity contribution in [3.05, 3.63) is 48.5 Å². The lowest BCUT2D eigenvalue weighted by atomic mass is 10.2. The molecule has 2 amide bonds. The Bertz CT molecular complexity index is 726. The van der Waals surface area contributed by atoms with Gasteiger partial charge in [-0.3, -0.25) is 14.3 Å². The molecule has 2 heterocycles. The molecule has 7 heteroatoms. The molecule has 0 aliphatic carbocycles. The number of hydrogen-bond acceptors (Lipinski definition) is 5. The van der Waals surface area contributed by atoms with Crippen LogP contribution in [0.15, 0.2) is 48.5 Å². The molecule has 7 nitrogen and oxygen atoms in total. The second kappa shape index (κ2) is 5.29. The molecule has 2 aromatic rings. The van der Waals surface area contributed by atoms with E-state index in [2.05, 4.69) is 10.6 Å². The smallest absolute Gasteiger partial charge is 0.294 e. The van der Waals surface area contributed by atoms with Crippen LogP contribution in [0, 0.1) is 0 Å². The predicted molar refractivity (Wildman–Crippen MR) is 80.1 cm³/mol. The Morgan fingerprint density at radius 1 is 0.739 bits per heavy atom. The highest BCUT2D eigenvalue weighted by molar-refractivity contribution is 5.99. The molecule has 0 unspecified atom stereocenters. The Morgan fingerprint density at radius 3 is 1.65 bits per heavy atom. The second-order valence-corrected chi connectivity index (χ2v) is 5.01. The van der Waals surface area contributed by atoms with Crippen molar-refractivity contribution in [2.45, 2.75) is 12.6 Å². The van der Waals surface area contributed by atoms with Gasteiger partial charge in [-0.15, -0.1) is 0 Å². The molecule has 0 aromatic heterocycles. The average Bonchev–Trinajstić information content (AvgIpc) is 2.56. The first-order valence-corrected chi connectivity index (χ1v) is 6.99. The predicted octanol–water partition coefficient (Wildman–Crippen LogP) is 1.72. The van der Waals surface area contributed by atoms with E-state index in [9.17, 15) is 9.59 Å². The van der Waals surface area contributed by atoms with Gasteiger partial charge in [-0.25, -0.2) is 0 Å². The fourth-order valence-electron chi connectivity index (χ4n) is 2.36. The van der Waals surface area contributed by atoms with Crippen molar-refractivity contribution in [1.82, 2.24) is 0 Å². The molecule has 0 saturated carbocycles. The van der Waals surface area contributed by atoms with Crippen LogP contribution < -0.4 is 20.1 Å². The van der Waals surface area contributed by atoms with Crippen molar-refractivity contribution < 1.29 is 23.8 Å². The first-order valence-electron chi connectivity index (χ1n) is 6.99. The minimum absolute atomic E-state index is 0.466. The van der Waals surface area contributed by atoms with Crippen LogP contribution in [0.25, 0.3) is 0 Å². The summed E-state index contributed by atoms with van der Waals surface area (Å²) in [4.78, 5) is 24.1. The number of fused-ring (bicyclic) bond motifs is 2. The molecule has 116 valence electrons. The van der Waals surface area contributed by atoms with Gasteiger partial charge >= 0.3 is 0 Å². The lowest BCUT2D eigenvalue weighted by Crippen LogP contribution is -2.47. The molecular weight excluding hydrogens is 300 g/mol. The van der Waals surface area contributed by atoms with E-state index in [0.29, 0.717) is 22.9 Å². The van der Waals surface area contributed by atoms with E-state index in [-0.39, 0.29) is 0 Å². The molecule has 2 aliphatic rings. The van der Waals surface area contributed by atoms with Gasteiger partial charge in [-0.1, -0.05) is 24.3 Å². The number of benzene rings is 2. The van der Waals surface area contributed by atoms with Gasteiger partial charge in [0.05, 0.1) is 11.4 Å². The molecule has 2 atom stereocenters. The van der Waals surface area contributed by atoms with Crippen molar-refractivity contribution in [2.75, 3.05) is 10.6 Å². The standard InChI is InChI=1S/C16H12N2O5/c19-13-15(21-11-7-3-1-5-9(11)17-13)23-16-14(20)18-10-6-2-4-8-12(10)22-16/h1-8,15-16H,(H,17,19)(H,18,20)/t15-,16-/m0/s1. The third-order valence-electron chi connectivity index (χ3n) is 3.43. The zero-order valence-electron chi connectivity index (χ0n) is 11.8. The number of nitrogens with one attached hydrogen (secondary N) is 2. The SMILES string of the molecule is O=C1Nc2ccccc2O[C@H]1O[C@@H]1Oc2ccccc2NC1=O. The van der Waals surface area contributed by atoms with E-state index in [0.717, 1.165) is 0 Å². The van der Waals surface area contributed by atoms with Gasteiger partial charge in [-0.2, -0.15) is 0 Å². The van der Waals surface area contributed by atoms with Crippen LogP contribution in [0.4, 0.5) is 11.4 Å². The number of para-hydroxylation sites is 4. The molecule has 0 bridgehead atoms. The average molecular weight is 312 g/mol. The summed E-state index contributed by atoms with van der Waals surface area (Å²) in [6.07, 6.45) is -2.54. The number of anilines is 2. The minimum Gasteiger partial charge on any atom is -0.453 e. The summed E-state index contributed by atoms with van der Waals surface area (Å²) in [6.45, 7) is 0. The van der Waals surface area contributed by atoms with E-state index >= 15 is 0 Å². The largest absolute Gasteiger partial charge is 0.453 e. The summed E-state index contributed by atoms with van der Waals surface area (Å²) < 4.78 is 16.4. The van der Waals surface area contributed by atoms with Gasteiger partial charge in [0, 0.05) is 0 Å². The monoisotopic (exact) mass is 312 g/mol. The van der Waals surface area contributed by atoms with Crippen LogP contribution in [0.2, 0.25) is 0 Å².